The van der Waals surface area contributed by atoms with Crippen LogP contribution in [0.4, 0.5) is 10.1 Å². The second-order valence-corrected chi connectivity index (χ2v) is 7.97. The third-order valence-electron chi connectivity index (χ3n) is 4.88. The second kappa shape index (κ2) is 6.76. The highest BCUT2D eigenvalue weighted by atomic mass is 79.9. The Bertz CT molecular complexity index is 881. The van der Waals surface area contributed by atoms with E-state index in [2.05, 4.69) is 56.9 Å². The molecule has 0 radical (unpaired) electrons. The minimum atomic E-state index is -0.342. The van der Waals surface area contributed by atoms with Gasteiger partial charge in [0, 0.05) is 34.3 Å². The van der Waals surface area contributed by atoms with Crippen molar-refractivity contribution in [2.45, 2.75) is 19.4 Å². The predicted octanol–water partition coefficient (Wildman–Crippen LogP) is 5.15. The molecule has 0 aromatic heterocycles. The number of nitrogens with one attached hydrogen (secondary N) is 2. The third kappa shape index (κ3) is 3.17. The first-order valence-corrected chi connectivity index (χ1v) is 9.60. The molecule has 2 N–H and O–H groups in total. The Kier molecular flexibility index (Phi) is 4.59. The monoisotopic (exact) mass is 436 g/mol. The van der Waals surface area contributed by atoms with E-state index in [0.717, 1.165) is 17.4 Å². The van der Waals surface area contributed by atoms with E-state index in [9.17, 15) is 4.39 Å². The number of hydrogen-bond acceptors (Lipinski definition) is 4. The van der Waals surface area contributed by atoms with Gasteiger partial charge in [-0.15, -0.1) is 5.53 Å². The van der Waals surface area contributed by atoms with Gasteiger partial charge in [0.2, 0.25) is 0 Å². The number of allylic oxidation sites excluding steroid dienone is 1. The van der Waals surface area contributed by atoms with Gasteiger partial charge in [-0.3, -0.25) is 10.0 Å². The van der Waals surface area contributed by atoms with Crippen LogP contribution in [0.3, 0.4) is 0 Å². The zero-order valence-corrected chi connectivity index (χ0v) is 16.8. The van der Waals surface area contributed by atoms with Crippen LogP contribution in [0.15, 0.2) is 46.6 Å². The van der Waals surface area contributed by atoms with E-state index in [1.54, 1.807) is 6.07 Å². The zero-order valence-electron chi connectivity index (χ0n) is 14.5. The largest absolute Gasteiger partial charge is 0.378 e. The summed E-state index contributed by atoms with van der Waals surface area (Å²) in [5, 5.41) is 8.05. The molecule has 2 aliphatic rings. The quantitative estimate of drug-likeness (QED) is 0.680. The topological polar surface area (TPSA) is 30.5 Å². The highest BCUT2D eigenvalue weighted by Gasteiger charge is 2.32. The van der Waals surface area contributed by atoms with Gasteiger partial charge in [-0.2, -0.15) is 0 Å². The standard InChI is InChI=1S/C19H19BrClFN4/c1-11-19-16-4-3-12(20)7-17(16)18(5-6-26(19)24-25(11)2)23-15-9-13(21)8-14(22)10-15/h3-4,7-10,18,23-24H,5-6H2,1-2H3. The first-order valence-electron chi connectivity index (χ1n) is 8.43. The van der Waals surface area contributed by atoms with Crippen LogP contribution in [0.1, 0.15) is 30.5 Å². The fraction of sp³-hybridized carbons (Fsp3) is 0.263. The Morgan fingerprint density at radius 3 is 2.85 bits per heavy atom. The van der Waals surface area contributed by atoms with E-state index >= 15 is 0 Å². The van der Waals surface area contributed by atoms with Crippen LogP contribution in [-0.2, 0) is 0 Å². The molecule has 0 bridgehead atoms. The van der Waals surface area contributed by atoms with Gasteiger partial charge in [0.05, 0.1) is 17.4 Å². The average Bonchev–Trinajstić information content (AvgIpc) is 2.76. The van der Waals surface area contributed by atoms with Crippen molar-refractivity contribution < 1.29 is 4.39 Å². The van der Waals surface area contributed by atoms with Crippen molar-refractivity contribution in [2.24, 2.45) is 0 Å². The lowest BCUT2D eigenvalue weighted by atomic mass is 9.97. The summed E-state index contributed by atoms with van der Waals surface area (Å²) in [6, 6.07) is 10.9. The Labute approximate surface area is 165 Å². The first kappa shape index (κ1) is 17.6. The maximum Gasteiger partial charge on any atom is 0.126 e. The highest BCUT2D eigenvalue weighted by Crippen LogP contribution is 2.39. The van der Waals surface area contributed by atoms with Crippen molar-refractivity contribution in [3.8, 4) is 0 Å². The molecule has 1 unspecified atom stereocenters. The van der Waals surface area contributed by atoms with Crippen molar-refractivity contribution in [2.75, 3.05) is 18.9 Å². The third-order valence-corrected chi connectivity index (χ3v) is 5.59. The number of nitrogens with zero attached hydrogens (tertiary/aromatic N) is 2. The zero-order chi connectivity index (χ0) is 18.4. The van der Waals surface area contributed by atoms with Gasteiger partial charge in [-0.05, 0) is 49.2 Å². The maximum atomic E-state index is 13.7. The van der Waals surface area contributed by atoms with E-state index in [1.807, 2.05) is 12.1 Å². The van der Waals surface area contributed by atoms with Gasteiger partial charge >= 0.3 is 0 Å². The Morgan fingerprint density at radius 2 is 2.08 bits per heavy atom. The Morgan fingerprint density at radius 1 is 1.27 bits per heavy atom. The molecule has 2 aliphatic heterocycles. The van der Waals surface area contributed by atoms with Gasteiger partial charge in [0.1, 0.15) is 5.82 Å². The SMILES string of the molecule is CC1=C2c3ccc(Br)cc3C(Nc3cc(F)cc(Cl)c3)CCN2NN1C. The van der Waals surface area contributed by atoms with Gasteiger partial charge in [0.25, 0.3) is 0 Å². The molecule has 4 nitrogen and oxygen atoms in total. The van der Waals surface area contributed by atoms with E-state index in [4.69, 9.17) is 11.6 Å². The highest BCUT2D eigenvalue weighted by molar-refractivity contribution is 9.10. The van der Waals surface area contributed by atoms with Crippen LogP contribution in [0, 0.1) is 5.82 Å². The summed E-state index contributed by atoms with van der Waals surface area (Å²) in [5.41, 5.74) is 8.75. The van der Waals surface area contributed by atoms with Crippen LogP contribution >= 0.6 is 27.5 Å². The van der Waals surface area contributed by atoms with Gasteiger partial charge in [-0.25, -0.2) is 4.39 Å². The first-order chi connectivity index (χ1) is 12.4. The lowest BCUT2D eigenvalue weighted by molar-refractivity contribution is 0.160. The van der Waals surface area contributed by atoms with E-state index in [0.29, 0.717) is 10.7 Å². The summed E-state index contributed by atoms with van der Waals surface area (Å²) in [6.45, 7) is 2.93. The molecule has 0 aliphatic carbocycles. The fourth-order valence-electron chi connectivity index (χ4n) is 3.60. The molecular formula is C19H19BrClFN4. The molecule has 0 fully saturated rings. The molecule has 136 valence electrons. The van der Waals surface area contributed by atoms with Gasteiger partial charge < -0.3 is 5.32 Å². The van der Waals surface area contributed by atoms with E-state index in [-0.39, 0.29) is 11.9 Å². The molecule has 4 rings (SSSR count). The average molecular weight is 438 g/mol. The van der Waals surface area contributed by atoms with Gasteiger partial charge in [-0.1, -0.05) is 33.6 Å². The minimum absolute atomic E-state index is 0.0402. The molecule has 7 heteroatoms. The van der Waals surface area contributed by atoms with Crippen molar-refractivity contribution in [3.05, 3.63) is 68.5 Å². The van der Waals surface area contributed by atoms with E-state index < -0.39 is 0 Å². The summed E-state index contributed by atoms with van der Waals surface area (Å²) in [6.07, 6.45) is 0.856. The second-order valence-electron chi connectivity index (χ2n) is 6.62. The van der Waals surface area contributed by atoms with Crippen LogP contribution in [0.25, 0.3) is 5.70 Å². The summed E-state index contributed by atoms with van der Waals surface area (Å²) >= 11 is 9.61. The number of hydrazine groups is 2. The molecule has 0 spiro atoms. The maximum absolute atomic E-state index is 13.7. The molecule has 2 aromatic rings. The van der Waals surface area contributed by atoms with Crippen LogP contribution < -0.4 is 10.9 Å². The number of benzene rings is 2. The molecular weight excluding hydrogens is 419 g/mol. The van der Waals surface area contributed by atoms with Crippen molar-refractivity contribution in [1.82, 2.24) is 15.6 Å². The lowest BCUT2D eigenvalue weighted by Gasteiger charge is -2.23. The smallest absolute Gasteiger partial charge is 0.126 e. The summed E-state index contributed by atoms with van der Waals surface area (Å²) in [7, 11) is 2.01. The molecule has 0 amide bonds. The number of hydrogen-bond donors (Lipinski definition) is 2. The molecule has 0 saturated carbocycles. The number of rotatable bonds is 2. The van der Waals surface area contributed by atoms with Crippen LogP contribution in [0.5, 0.6) is 0 Å². The summed E-state index contributed by atoms with van der Waals surface area (Å²) in [4.78, 5) is 0. The Balaban J connectivity index is 1.78. The molecule has 2 heterocycles. The molecule has 1 atom stereocenters. The predicted molar refractivity (Wildman–Crippen MR) is 107 cm³/mol. The summed E-state index contributed by atoms with van der Waals surface area (Å²) < 4.78 is 14.8. The lowest BCUT2D eigenvalue weighted by Crippen LogP contribution is -2.39. The van der Waals surface area contributed by atoms with Crippen molar-refractivity contribution >= 4 is 38.9 Å². The minimum Gasteiger partial charge on any atom is -0.378 e. The van der Waals surface area contributed by atoms with Crippen LogP contribution in [-0.4, -0.2) is 23.6 Å². The van der Waals surface area contributed by atoms with Gasteiger partial charge in [0.15, 0.2) is 0 Å². The number of anilines is 1. The number of fused-ring (bicyclic) bond motifs is 3. The molecule has 0 saturated heterocycles. The summed E-state index contributed by atoms with van der Waals surface area (Å²) in [5.74, 6) is -0.342. The van der Waals surface area contributed by atoms with Crippen LogP contribution in [0.2, 0.25) is 5.02 Å². The van der Waals surface area contributed by atoms with Crippen molar-refractivity contribution in [3.63, 3.8) is 0 Å². The number of halogens is 3. The molecule has 2 aromatic carbocycles. The Hall–Kier alpha value is -1.76. The normalized spacial score (nSPS) is 19.3. The fourth-order valence-corrected chi connectivity index (χ4v) is 4.20. The van der Waals surface area contributed by atoms with E-state index in [1.165, 1.54) is 34.7 Å². The molecule has 26 heavy (non-hydrogen) atoms. The van der Waals surface area contributed by atoms with Crippen molar-refractivity contribution in [1.29, 1.82) is 0 Å².